The molecule has 0 amide bonds. The van der Waals surface area contributed by atoms with Gasteiger partial charge < -0.3 is 0 Å². The molecule has 0 saturated heterocycles. The molecule has 0 bridgehead atoms. The predicted octanol–water partition coefficient (Wildman–Crippen LogP) is 5.87. The lowest BCUT2D eigenvalue weighted by molar-refractivity contribution is -0.691. The zero-order valence-electron chi connectivity index (χ0n) is 20.1. The van der Waals surface area contributed by atoms with E-state index in [1.807, 2.05) is 0 Å². The molecule has 2 aromatic heterocycles. The monoisotopic (exact) mass is 448 g/mol. The van der Waals surface area contributed by atoms with Gasteiger partial charge in [0.05, 0.1) is 0 Å². The Balaban J connectivity index is 1.14. The van der Waals surface area contributed by atoms with Crippen LogP contribution in [0.5, 0.6) is 0 Å². The minimum Gasteiger partial charge on any atom is -0.201 e. The Morgan fingerprint density at radius 2 is 0.735 bits per heavy atom. The molecule has 0 saturated carbocycles. The smallest absolute Gasteiger partial charge is 0.169 e. The third-order valence-corrected chi connectivity index (χ3v) is 6.27. The van der Waals surface area contributed by atoms with Crippen LogP contribution < -0.4 is 9.13 Å². The molecule has 2 nitrogen and oxygen atoms in total. The number of aryl methyl sites for hydroxylation is 4. The van der Waals surface area contributed by atoms with E-state index in [4.69, 9.17) is 0 Å². The zero-order chi connectivity index (χ0) is 23.3. The molecule has 0 fully saturated rings. The summed E-state index contributed by atoms with van der Waals surface area (Å²) in [5, 5.41) is 0. The Morgan fingerprint density at radius 3 is 1.09 bits per heavy atom. The molecule has 172 valence electrons. The van der Waals surface area contributed by atoms with E-state index in [1.54, 1.807) is 0 Å². The highest BCUT2D eigenvalue weighted by Gasteiger charge is 2.02. The highest BCUT2D eigenvalue weighted by Crippen LogP contribution is 2.08. The Labute approximate surface area is 204 Å². The number of benzene rings is 2. The second kappa shape index (κ2) is 13.3. The lowest BCUT2D eigenvalue weighted by Gasteiger charge is -2.02. The molecule has 4 aromatic rings. The van der Waals surface area contributed by atoms with Gasteiger partial charge in [-0.25, -0.2) is 9.13 Å². The molecule has 34 heavy (non-hydrogen) atoms. The van der Waals surface area contributed by atoms with Crippen LogP contribution in [0.2, 0.25) is 0 Å². The van der Waals surface area contributed by atoms with Crippen molar-refractivity contribution in [1.29, 1.82) is 0 Å². The average Bonchev–Trinajstić information content (AvgIpc) is 2.90. The van der Waals surface area contributed by atoms with E-state index in [0.717, 1.165) is 38.8 Å². The summed E-state index contributed by atoms with van der Waals surface area (Å²) in [6, 6.07) is 30.5. The van der Waals surface area contributed by atoms with Gasteiger partial charge >= 0.3 is 0 Å². The van der Waals surface area contributed by atoms with Crippen LogP contribution in [0, 0.1) is 0 Å². The third-order valence-electron chi connectivity index (χ3n) is 6.27. The summed E-state index contributed by atoms with van der Waals surface area (Å²) in [5.41, 5.74) is 5.68. The minimum atomic E-state index is 0.905. The molecule has 0 N–H and O–H groups in total. The molecule has 4 rings (SSSR count). The first-order valence-electron chi connectivity index (χ1n) is 12.5. The van der Waals surface area contributed by atoms with E-state index in [2.05, 4.69) is 131 Å². The topological polar surface area (TPSA) is 7.76 Å². The van der Waals surface area contributed by atoms with Crippen molar-refractivity contribution in [2.45, 2.75) is 51.6 Å². The fourth-order valence-electron chi connectivity index (χ4n) is 4.23. The predicted molar refractivity (Wildman–Crippen MR) is 139 cm³/mol. The number of hydrogen-bond donors (Lipinski definition) is 0. The van der Waals surface area contributed by atoms with E-state index < -0.39 is 0 Å². The van der Waals surface area contributed by atoms with Crippen LogP contribution in [0.15, 0.2) is 122 Å². The largest absolute Gasteiger partial charge is 0.201 e. The molecule has 0 unspecified atom stereocenters. The second-order valence-corrected chi connectivity index (χ2v) is 8.96. The van der Waals surface area contributed by atoms with Crippen molar-refractivity contribution in [3.8, 4) is 0 Å². The molecule has 0 atom stereocenters. The van der Waals surface area contributed by atoms with Crippen LogP contribution in [0.25, 0.3) is 0 Å². The van der Waals surface area contributed by atoms with Gasteiger partial charge in [0, 0.05) is 24.3 Å². The number of rotatable bonds is 12. The average molecular weight is 449 g/mol. The first-order chi connectivity index (χ1) is 16.8. The number of allylic oxidation sites excluding steroid dienone is 2. The molecule has 0 aliphatic heterocycles. The fourth-order valence-corrected chi connectivity index (χ4v) is 4.23. The molecule has 2 aromatic carbocycles. The maximum absolute atomic E-state index is 2.25. The summed E-state index contributed by atoms with van der Waals surface area (Å²) in [7, 11) is 0. The van der Waals surface area contributed by atoms with Gasteiger partial charge in [0.15, 0.2) is 37.9 Å². The Hall–Kier alpha value is -3.52. The van der Waals surface area contributed by atoms with E-state index >= 15 is 0 Å². The molecule has 0 aliphatic rings. The van der Waals surface area contributed by atoms with Crippen LogP contribution in [-0.2, 0) is 38.8 Å². The molecule has 2 heterocycles. The van der Waals surface area contributed by atoms with Crippen LogP contribution in [0.1, 0.15) is 35.1 Å². The lowest BCUT2D eigenvalue weighted by Crippen LogP contribution is -2.33. The van der Waals surface area contributed by atoms with Gasteiger partial charge in [0.2, 0.25) is 0 Å². The van der Waals surface area contributed by atoms with Crippen molar-refractivity contribution in [1.82, 2.24) is 0 Å². The van der Waals surface area contributed by atoms with Gasteiger partial charge in [-0.05, 0) is 72.9 Å². The van der Waals surface area contributed by atoms with Crippen LogP contribution >= 0.6 is 0 Å². The number of pyridine rings is 2. The number of aromatic nitrogens is 2. The highest BCUT2D eigenvalue weighted by atomic mass is 14.9. The standard InChI is InChI=1S/C32H36N2/c1-3-11-29(12-4-1)15-9-17-31-19-25-33(26-20-31)23-7-8-24-34-27-21-32(22-28-34)18-10-16-30-13-5-2-6-14-30/h1-8,11-14,19-22,25-28H,9-10,15-18,23-24H2/q+2/b8-7+. The van der Waals surface area contributed by atoms with E-state index in [9.17, 15) is 0 Å². The molecular weight excluding hydrogens is 412 g/mol. The van der Waals surface area contributed by atoms with Crippen molar-refractivity contribution in [3.63, 3.8) is 0 Å². The Morgan fingerprint density at radius 1 is 0.412 bits per heavy atom. The van der Waals surface area contributed by atoms with Crippen LogP contribution in [0.3, 0.4) is 0 Å². The summed E-state index contributed by atoms with van der Waals surface area (Å²) in [6.07, 6.45) is 20.2. The quantitative estimate of drug-likeness (QED) is 0.189. The van der Waals surface area contributed by atoms with Gasteiger partial charge in [0.1, 0.15) is 0 Å². The normalized spacial score (nSPS) is 11.2. The van der Waals surface area contributed by atoms with Crippen molar-refractivity contribution in [3.05, 3.63) is 144 Å². The SMILES string of the molecule is C(=C\C[n+]1ccc(CCCc2ccccc2)cc1)/C[n+]1ccc(CCCc2ccccc2)cc1. The van der Waals surface area contributed by atoms with E-state index in [1.165, 1.54) is 35.1 Å². The first-order valence-corrected chi connectivity index (χ1v) is 12.5. The van der Waals surface area contributed by atoms with E-state index in [-0.39, 0.29) is 0 Å². The molecule has 0 spiro atoms. The molecule has 0 radical (unpaired) electrons. The van der Waals surface area contributed by atoms with Gasteiger partial charge in [0.25, 0.3) is 0 Å². The van der Waals surface area contributed by atoms with Gasteiger partial charge in [-0.2, -0.15) is 0 Å². The highest BCUT2D eigenvalue weighted by molar-refractivity contribution is 5.16. The summed E-state index contributed by atoms with van der Waals surface area (Å²) < 4.78 is 4.47. The minimum absolute atomic E-state index is 0.905. The maximum Gasteiger partial charge on any atom is 0.169 e. The summed E-state index contributed by atoms with van der Waals surface area (Å²) >= 11 is 0. The molecule has 0 aliphatic carbocycles. The van der Waals surface area contributed by atoms with Crippen LogP contribution in [-0.4, -0.2) is 0 Å². The Bertz CT molecular complexity index is 1020. The molecule has 2 heteroatoms. The molecular formula is C32H36N2+2. The first kappa shape index (κ1) is 23.6. The lowest BCUT2D eigenvalue weighted by atomic mass is 10.1. The van der Waals surface area contributed by atoms with Gasteiger partial charge in [-0.3, -0.25) is 0 Å². The van der Waals surface area contributed by atoms with Gasteiger partial charge in [-0.15, -0.1) is 0 Å². The summed E-state index contributed by atoms with van der Waals surface area (Å²) in [5.74, 6) is 0. The Kier molecular flexibility index (Phi) is 9.21. The zero-order valence-corrected chi connectivity index (χ0v) is 20.1. The van der Waals surface area contributed by atoms with Crippen LogP contribution in [0.4, 0.5) is 0 Å². The number of hydrogen-bond acceptors (Lipinski definition) is 0. The van der Waals surface area contributed by atoms with Crippen molar-refractivity contribution < 1.29 is 9.13 Å². The third kappa shape index (κ3) is 8.12. The van der Waals surface area contributed by atoms with Crippen molar-refractivity contribution in [2.24, 2.45) is 0 Å². The summed E-state index contributed by atoms with van der Waals surface area (Å²) in [6.45, 7) is 1.81. The van der Waals surface area contributed by atoms with Crippen molar-refractivity contribution >= 4 is 0 Å². The van der Waals surface area contributed by atoms with Gasteiger partial charge in [-0.1, -0.05) is 60.7 Å². The fraction of sp³-hybridized carbons (Fsp3) is 0.250. The maximum atomic E-state index is 2.25. The van der Waals surface area contributed by atoms with Crippen molar-refractivity contribution in [2.75, 3.05) is 0 Å². The summed E-state index contributed by atoms with van der Waals surface area (Å²) in [4.78, 5) is 0. The van der Waals surface area contributed by atoms with E-state index in [0.29, 0.717) is 0 Å². The second-order valence-electron chi connectivity index (χ2n) is 8.96. The number of nitrogens with zero attached hydrogens (tertiary/aromatic N) is 2.